The van der Waals surface area contributed by atoms with Crippen molar-refractivity contribution >= 4 is 34.4 Å². The average Bonchev–Trinajstić information content (AvgIpc) is 2.98. The van der Waals surface area contributed by atoms with Crippen LogP contribution in [0.1, 0.15) is 6.42 Å². The highest BCUT2D eigenvalue weighted by Crippen LogP contribution is 2.31. The van der Waals surface area contributed by atoms with E-state index in [-0.39, 0.29) is 11.2 Å². The number of aromatic nitrogens is 4. The molecule has 2 aromatic heterocycles. The van der Waals surface area contributed by atoms with Crippen molar-refractivity contribution in [2.24, 2.45) is 14.1 Å². The maximum Gasteiger partial charge on any atom is 0.332 e. The zero-order valence-electron chi connectivity index (χ0n) is 13.4. The van der Waals surface area contributed by atoms with Crippen molar-refractivity contribution in [2.75, 3.05) is 11.4 Å². The molecule has 0 saturated carbocycles. The van der Waals surface area contributed by atoms with E-state index in [0.717, 1.165) is 23.2 Å². The van der Waals surface area contributed by atoms with Gasteiger partial charge in [-0.25, -0.2) is 4.79 Å². The third-order valence-electron chi connectivity index (χ3n) is 4.47. The van der Waals surface area contributed by atoms with Gasteiger partial charge in [-0.2, -0.15) is 4.98 Å². The van der Waals surface area contributed by atoms with Gasteiger partial charge in [0, 0.05) is 37.9 Å². The van der Waals surface area contributed by atoms with E-state index in [2.05, 4.69) is 4.98 Å². The molecule has 0 amide bonds. The third kappa shape index (κ3) is 2.01. The monoisotopic (exact) mass is 345 g/mol. The average molecular weight is 346 g/mol. The second-order valence-electron chi connectivity index (χ2n) is 5.92. The van der Waals surface area contributed by atoms with Crippen LogP contribution in [0.15, 0.2) is 33.9 Å². The summed E-state index contributed by atoms with van der Waals surface area (Å²) in [6, 6.07) is 7.50. The van der Waals surface area contributed by atoms with Crippen LogP contribution in [0.4, 0.5) is 11.6 Å². The lowest BCUT2D eigenvalue weighted by molar-refractivity contribution is 0.600. The molecule has 124 valence electrons. The number of halogens is 1. The minimum Gasteiger partial charge on any atom is -0.312 e. The minimum absolute atomic E-state index is 0.315. The fourth-order valence-corrected chi connectivity index (χ4v) is 3.33. The second kappa shape index (κ2) is 5.24. The first-order valence-electron chi connectivity index (χ1n) is 7.68. The summed E-state index contributed by atoms with van der Waals surface area (Å²) in [5, 5.41) is 0.667. The number of nitrogens with zero attached hydrogens (tertiary/aromatic N) is 5. The predicted octanol–water partition coefficient (Wildman–Crippen LogP) is 1.63. The Labute approximate surface area is 142 Å². The SMILES string of the molecule is Cn1c(=O)c2c(nc3n2CCCN3c2ccc(Cl)cc2)n(C)c1=O. The number of rotatable bonds is 1. The second-order valence-corrected chi connectivity index (χ2v) is 6.36. The molecular formula is C16H16ClN5O2. The van der Waals surface area contributed by atoms with Crippen LogP contribution in [0.2, 0.25) is 5.02 Å². The molecule has 4 rings (SSSR count). The van der Waals surface area contributed by atoms with Crippen molar-refractivity contribution in [1.82, 2.24) is 18.7 Å². The van der Waals surface area contributed by atoms with Crippen molar-refractivity contribution in [3.8, 4) is 0 Å². The molecule has 1 aliphatic heterocycles. The molecular weight excluding hydrogens is 330 g/mol. The molecule has 8 heteroatoms. The minimum atomic E-state index is -0.374. The van der Waals surface area contributed by atoms with E-state index in [1.165, 1.54) is 11.6 Å². The molecule has 3 heterocycles. The van der Waals surface area contributed by atoms with Crippen LogP contribution in [0, 0.1) is 0 Å². The quantitative estimate of drug-likeness (QED) is 0.672. The standard InChI is InChI=1S/C16H16ClN5O2/c1-19-13-12(14(23)20(2)16(19)24)22-9-3-8-21(15(22)18-13)11-6-4-10(17)5-7-11/h4-7H,3,8-9H2,1-2H3. The van der Waals surface area contributed by atoms with Gasteiger partial charge in [0.1, 0.15) is 0 Å². The van der Waals surface area contributed by atoms with Gasteiger partial charge in [0.05, 0.1) is 0 Å². The normalized spacial score (nSPS) is 14.2. The Morgan fingerprint density at radius 3 is 2.46 bits per heavy atom. The Hall–Kier alpha value is -2.54. The first-order valence-corrected chi connectivity index (χ1v) is 8.06. The van der Waals surface area contributed by atoms with E-state index < -0.39 is 0 Å². The molecule has 0 fully saturated rings. The van der Waals surface area contributed by atoms with Gasteiger partial charge in [-0.05, 0) is 30.7 Å². The molecule has 0 aliphatic carbocycles. The molecule has 24 heavy (non-hydrogen) atoms. The smallest absolute Gasteiger partial charge is 0.312 e. The highest BCUT2D eigenvalue weighted by molar-refractivity contribution is 6.30. The summed E-state index contributed by atoms with van der Waals surface area (Å²) < 4.78 is 4.44. The van der Waals surface area contributed by atoms with Crippen LogP contribution in [0.3, 0.4) is 0 Å². The molecule has 7 nitrogen and oxygen atoms in total. The Morgan fingerprint density at radius 2 is 1.75 bits per heavy atom. The highest BCUT2D eigenvalue weighted by atomic mass is 35.5. The van der Waals surface area contributed by atoms with Crippen molar-refractivity contribution < 1.29 is 0 Å². The van der Waals surface area contributed by atoms with Gasteiger partial charge in [0.15, 0.2) is 11.2 Å². The number of hydrogen-bond donors (Lipinski definition) is 0. The summed E-state index contributed by atoms with van der Waals surface area (Å²) in [6.45, 7) is 1.49. The summed E-state index contributed by atoms with van der Waals surface area (Å²) >= 11 is 5.97. The van der Waals surface area contributed by atoms with E-state index >= 15 is 0 Å². The lowest BCUT2D eigenvalue weighted by Crippen LogP contribution is -2.38. The van der Waals surface area contributed by atoms with Crippen molar-refractivity contribution in [3.63, 3.8) is 0 Å². The number of aryl methyl sites for hydroxylation is 2. The molecule has 0 atom stereocenters. The predicted molar refractivity (Wildman–Crippen MR) is 93.3 cm³/mol. The summed E-state index contributed by atoms with van der Waals surface area (Å²) in [7, 11) is 3.12. The van der Waals surface area contributed by atoms with E-state index in [0.29, 0.717) is 28.7 Å². The molecule has 0 bridgehead atoms. The molecule has 0 radical (unpaired) electrons. The molecule has 3 aromatic rings. The van der Waals surface area contributed by atoms with Crippen molar-refractivity contribution in [1.29, 1.82) is 0 Å². The van der Waals surface area contributed by atoms with Gasteiger partial charge in [-0.1, -0.05) is 11.6 Å². The van der Waals surface area contributed by atoms with Crippen molar-refractivity contribution in [2.45, 2.75) is 13.0 Å². The Bertz CT molecular complexity index is 1060. The van der Waals surface area contributed by atoms with Gasteiger partial charge < -0.3 is 9.47 Å². The lowest BCUT2D eigenvalue weighted by atomic mass is 10.2. The number of hydrogen-bond acceptors (Lipinski definition) is 4. The first kappa shape index (κ1) is 15.0. The highest BCUT2D eigenvalue weighted by Gasteiger charge is 2.26. The number of imidazole rings is 1. The van der Waals surface area contributed by atoms with Crippen LogP contribution in [-0.2, 0) is 20.6 Å². The van der Waals surface area contributed by atoms with E-state index in [1.54, 1.807) is 7.05 Å². The molecule has 0 saturated heterocycles. The first-order chi connectivity index (χ1) is 11.5. The van der Waals surface area contributed by atoms with Crippen LogP contribution < -0.4 is 16.1 Å². The topological polar surface area (TPSA) is 65.1 Å². The van der Waals surface area contributed by atoms with Gasteiger partial charge in [0.25, 0.3) is 5.56 Å². The molecule has 1 aromatic carbocycles. The fraction of sp³-hybridized carbons (Fsp3) is 0.312. The third-order valence-corrected chi connectivity index (χ3v) is 4.72. The molecule has 0 spiro atoms. The Balaban J connectivity index is 2.01. The van der Waals surface area contributed by atoms with E-state index in [9.17, 15) is 9.59 Å². The van der Waals surface area contributed by atoms with Crippen molar-refractivity contribution in [3.05, 3.63) is 50.1 Å². The van der Waals surface area contributed by atoms with Gasteiger partial charge >= 0.3 is 5.69 Å². The summed E-state index contributed by atoms with van der Waals surface area (Å²) in [5.74, 6) is 0.678. The van der Waals surface area contributed by atoms with E-state index in [4.69, 9.17) is 11.6 Å². The zero-order valence-corrected chi connectivity index (χ0v) is 14.1. The molecule has 0 unspecified atom stereocenters. The lowest BCUT2D eigenvalue weighted by Gasteiger charge is -2.29. The Kier molecular flexibility index (Phi) is 3.28. The summed E-state index contributed by atoms with van der Waals surface area (Å²) in [5.41, 5.74) is 1.15. The van der Waals surface area contributed by atoms with Gasteiger partial charge in [0.2, 0.25) is 5.95 Å². The van der Waals surface area contributed by atoms with Gasteiger partial charge in [-0.3, -0.25) is 13.9 Å². The van der Waals surface area contributed by atoms with E-state index in [1.807, 2.05) is 33.7 Å². The molecule has 0 N–H and O–H groups in total. The van der Waals surface area contributed by atoms with Crippen LogP contribution in [0.25, 0.3) is 11.2 Å². The van der Waals surface area contributed by atoms with Crippen LogP contribution in [0.5, 0.6) is 0 Å². The maximum absolute atomic E-state index is 12.6. The summed E-state index contributed by atoms with van der Waals surface area (Å²) in [6.07, 6.45) is 0.882. The molecule has 1 aliphatic rings. The maximum atomic E-state index is 12.6. The number of benzene rings is 1. The zero-order chi connectivity index (χ0) is 17.0. The van der Waals surface area contributed by atoms with Gasteiger partial charge in [-0.15, -0.1) is 0 Å². The van der Waals surface area contributed by atoms with Crippen LogP contribution >= 0.6 is 11.6 Å². The van der Waals surface area contributed by atoms with Crippen LogP contribution in [-0.4, -0.2) is 25.2 Å². The fourth-order valence-electron chi connectivity index (χ4n) is 3.21. The summed E-state index contributed by atoms with van der Waals surface area (Å²) in [4.78, 5) is 31.4. The number of fused-ring (bicyclic) bond motifs is 3. The Morgan fingerprint density at radius 1 is 1.04 bits per heavy atom. The number of anilines is 2. The largest absolute Gasteiger partial charge is 0.332 e.